The van der Waals surface area contributed by atoms with Crippen LogP contribution in [0.2, 0.25) is 0 Å². The quantitative estimate of drug-likeness (QED) is 0.0411. The van der Waals surface area contributed by atoms with Gasteiger partial charge in [0.05, 0.1) is 44.8 Å². The maximum absolute atomic E-state index is 15.3. The van der Waals surface area contributed by atoms with Crippen molar-refractivity contribution in [1.82, 2.24) is 9.13 Å². The van der Waals surface area contributed by atoms with Gasteiger partial charge < -0.3 is 18.6 Å². The SMILES string of the molecule is CCCCC(CC)COc1c2cc(C(C)(C)c3ccccc3)sc2c(OCC(CC)CCCC)c2cc(-c3sc(-c4cc5c(cc(-c6cc(CC(CC)CCCC)c(C(C)(C)c7ccccc7)s6)c(=O)n5C)n(C)c4=O)cc3CC(CC)CCCC)sc12. The largest absolute Gasteiger partial charge is 0.491 e. The first-order valence-corrected chi connectivity index (χ1v) is 37.1. The molecule has 9 rings (SSSR count). The summed E-state index contributed by atoms with van der Waals surface area (Å²) < 4.78 is 20.6. The monoisotopic (exact) mass is 1260 g/mol. The van der Waals surface area contributed by atoms with E-state index in [4.69, 9.17) is 9.47 Å². The van der Waals surface area contributed by atoms with Crippen LogP contribution in [0.3, 0.4) is 0 Å². The van der Waals surface area contributed by atoms with Crippen LogP contribution >= 0.6 is 45.3 Å². The van der Waals surface area contributed by atoms with Crippen LogP contribution in [0.1, 0.15) is 218 Å². The molecule has 0 aliphatic carbocycles. The lowest BCUT2D eigenvalue weighted by molar-refractivity contribution is 0.235. The molecular formula is C78H102N2O4S4. The van der Waals surface area contributed by atoms with Gasteiger partial charge in [0, 0.05) is 65.0 Å². The smallest absolute Gasteiger partial charge is 0.259 e. The minimum atomic E-state index is -0.265. The number of hydrogen-bond acceptors (Lipinski definition) is 8. The number of ether oxygens (including phenoxy) is 2. The number of rotatable bonds is 33. The number of benzene rings is 3. The van der Waals surface area contributed by atoms with E-state index in [0.717, 1.165) is 117 Å². The van der Waals surface area contributed by atoms with Crippen LogP contribution in [-0.4, -0.2) is 22.3 Å². The summed E-state index contributed by atoms with van der Waals surface area (Å²) in [5, 5.41) is 2.25. The number of nitrogens with zero attached hydrogens (tertiary/aromatic N) is 2. The Morgan fingerprint density at radius 2 is 0.875 bits per heavy atom. The van der Waals surface area contributed by atoms with Crippen LogP contribution < -0.4 is 20.6 Å². The van der Waals surface area contributed by atoms with Crippen LogP contribution in [0.15, 0.2) is 107 Å². The molecule has 9 aromatic rings. The van der Waals surface area contributed by atoms with E-state index < -0.39 is 0 Å². The van der Waals surface area contributed by atoms with Crippen molar-refractivity contribution >= 4 is 76.6 Å². The number of unbranched alkanes of at least 4 members (excludes halogenated alkanes) is 4. The van der Waals surface area contributed by atoms with Crippen molar-refractivity contribution in [3.8, 4) is 42.1 Å². The average molecular weight is 1260 g/mol. The van der Waals surface area contributed by atoms with Crippen molar-refractivity contribution in [3.63, 3.8) is 0 Å². The van der Waals surface area contributed by atoms with Gasteiger partial charge in [-0.1, -0.05) is 234 Å². The fraction of sp³-hybridized carbons (Fsp3) is 0.513. The normalized spacial score (nSPS) is 13.7. The molecule has 4 atom stereocenters. The Bertz CT molecular complexity index is 3790. The fourth-order valence-corrected chi connectivity index (χ4v) is 18.4. The lowest BCUT2D eigenvalue weighted by atomic mass is 9.79. The van der Waals surface area contributed by atoms with Crippen molar-refractivity contribution in [3.05, 3.63) is 150 Å². The zero-order valence-corrected chi connectivity index (χ0v) is 59.1. The molecule has 4 unspecified atom stereocenters. The highest BCUT2D eigenvalue weighted by Crippen LogP contribution is 2.55. The molecule has 6 heterocycles. The van der Waals surface area contributed by atoms with E-state index in [1.54, 1.807) is 31.8 Å². The van der Waals surface area contributed by atoms with E-state index in [1.165, 1.54) is 93.1 Å². The average Bonchev–Trinajstić information content (AvgIpc) is 1.72. The molecule has 0 aliphatic heterocycles. The summed E-state index contributed by atoms with van der Waals surface area (Å²) in [4.78, 5) is 37.3. The Labute approximate surface area is 543 Å². The molecule has 0 bridgehead atoms. The van der Waals surface area contributed by atoms with E-state index in [2.05, 4.69) is 168 Å². The highest BCUT2D eigenvalue weighted by Gasteiger charge is 2.33. The topological polar surface area (TPSA) is 62.5 Å². The molecule has 0 saturated carbocycles. The number of aromatic nitrogens is 2. The van der Waals surface area contributed by atoms with Gasteiger partial charge in [-0.25, -0.2) is 0 Å². The van der Waals surface area contributed by atoms with E-state index in [0.29, 0.717) is 48.0 Å². The molecule has 0 N–H and O–H groups in total. The molecule has 6 nitrogen and oxygen atoms in total. The molecule has 472 valence electrons. The first kappa shape index (κ1) is 67.1. The third-order valence-corrected chi connectivity index (χ3v) is 25.2. The summed E-state index contributed by atoms with van der Waals surface area (Å²) in [6.07, 6.45) is 20.3. The molecular weight excluding hydrogens is 1160 g/mol. The van der Waals surface area contributed by atoms with E-state index in [1.807, 2.05) is 48.9 Å². The number of aryl methyl sites for hydroxylation is 2. The zero-order valence-electron chi connectivity index (χ0n) is 55.8. The van der Waals surface area contributed by atoms with E-state index in [-0.39, 0.29) is 21.9 Å². The molecule has 0 saturated heterocycles. The molecule has 0 aliphatic rings. The van der Waals surface area contributed by atoms with Crippen LogP contribution in [0, 0.1) is 23.7 Å². The third kappa shape index (κ3) is 14.4. The second-order valence-corrected chi connectivity index (χ2v) is 30.8. The molecule has 10 heteroatoms. The van der Waals surface area contributed by atoms with E-state index in [9.17, 15) is 0 Å². The van der Waals surface area contributed by atoms with Gasteiger partial charge in [0.25, 0.3) is 11.1 Å². The Balaban J connectivity index is 1.22. The Morgan fingerprint density at radius 3 is 1.35 bits per heavy atom. The maximum atomic E-state index is 15.3. The predicted molar refractivity (Wildman–Crippen MR) is 386 cm³/mol. The number of hydrogen-bond donors (Lipinski definition) is 0. The minimum Gasteiger partial charge on any atom is -0.491 e. The van der Waals surface area contributed by atoms with Gasteiger partial charge in [-0.05, 0) is 108 Å². The van der Waals surface area contributed by atoms with Crippen LogP contribution in [0.25, 0.3) is 61.8 Å². The molecule has 0 radical (unpaired) electrons. The van der Waals surface area contributed by atoms with Gasteiger partial charge in [-0.2, -0.15) is 0 Å². The highest BCUT2D eigenvalue weighted by molar-refractivity contribution is 7.28. The molecule has 6 aromatic heterocycles. The van der Waals surface area contributed by atoms with Gasteiger partial charge >= 0.3 is 0 Å². The zero-order chi connectivity index (χ0) is 62.9. The van der Waals surface area contributed by atoms with Crippen molar-refractivity contribution < 1.29 is 9.47 Å². The molecule has 0 spiro atoms. The second-order valence-electron chi connectivity index (χ2n) is 26.6. The van der Waals surface area contributed by atoms with Gasteiger partial charge in [0.2, 0.25) is 0 Å². The Kier molecular flexibility index (Phi) is 23.1. The molecule has 0 amide bonds. The maximum Gasteiger partial charge on any atom is 0.259 e. The summed E-state index contributed by atoms with van der Waals surface area (Å²) in [7, 11) is 3.78. The summed E-state index contributed by atoms with van der Waals surface area (Å²) in [5.41, 5.74) is 7.30. The standard InChI is InChI=1S/C78H102N2O4S4/c1-15-23-33-51(19-5)41-55-43-65(59-45-63-64(79(13)75(59)81)46-60(76(82)80(63)14)66-44-56(42-52(20-6)34-24-16-2)74(87-66)78(11,12)58-39-31-28-32-40-58)85-71(55)67-47-61-69(83-49-53(21-7)35-25-17-3)73-62(48-68(88-73)77(9,10)57-37-29-27-30-38-57)70(72(61)86-67)84-50-54(22-8)36-26-18-4/h27-32,37-40,43-48,51-54H,15-26,33-36,41-42,49-50H2,1-14H3. The number of pyridine rings is 2. The minimum absolute atomic E-state index is 0.0514. The van der Waals surface area contributed by atoms with Crippen LogP contribution in [-0.2, 0) is 37.8 Å². The second kappa shape index (κ2) is 30.2. The van der Waals surface area contributed by atoms with Crippen LogP contribution in [0.5, 0.6) is 11.5 Å². The lowest BCUT2D eigenvalue weighted by Gasteiger charge is -2.27. The van der Waals surface area contributed by atoms with Crippen molar-refractivity contribution in [2.75, 3.05) is 13.2 Å². The fourth-order valence-electron chi connectivity index (χ4n) is 13.3. The van der Waals surface area contributed by atoms with Gasteiger partial charge in [-0.3, -0.25) is 9.59 Å². The summed E-state index contributed by atoms with van der Waals surface area (Å²) in [5.74, 6) is 3.89. The summed E-state index contributed by atoms with van der Waals surface area (Å²) in [6, 6.07) is 35.2. The highest BCUT2D eigenvalue weighted by atomic mass is 32.1. The van der Waals surface area contributed by atoms with Crippen molar-refractivity contribution in [1.29, 1.82) is 0 Å². The van der Waals surface area contributed by atoms with Crippen molar-refractivity contribution in [2.24, 2.45) is 37.8 Å². The number of fused-ring (bicyclic) bond motifs is 3. The first-order chi connectivity index (χ1) is 42.5. The summed E-state index contributed by atoms with van der Waals surface area (Å²) in [6.45, 7) is 29.1. The first-order valence-electron chi connectivity index (χ1n) is 33.9. The van der Waals surface area contributed by atoms with Crippen LogP contribution in [0.4, 0.5) is 0 Å². The van der Waals surface area contributed by atoms with E-state index >= 15 is 9.59 Å². The van der Waals surface area contributed by atoms with Gasteiger partial charge in [-0.15, -0.1) is 45.3 Å². The number of thiophene rings is 4. The molecule has 3 aromatic carbocycles. The lowest BCUT2D eigenvalue weighted by Crippen LogP contribution is -2.24. The Morgan fingerprint density at radius 1 is 0.455 bits per heavy atom. The van der Waals surface area contributed by atoms with Crippen molar-refractivity contribution in [2.45, 2.75) is 209 Å². The van der Waals surface area contributed by atoms with Gasteiger partial charge in [0.1, 0.15) is 11.5 Å². The summed E-state index contributed by atoms with van der Waals surface area (Å²) >= 11 is 7.18. The predicted octanol–water partition coefficient (Wildman–Crippen LogP) is 23.2. The third-order valence-electron chi connectivity index (χ3n) is 19.6. The van der Waals surface area contributed by atoms with Gasteiger partial charge in [0.15, 0.2) is 0 Å². The Hall–Kier alpha value is -5.26. The molecule has 0 fully saturated rings. The molecule has 88 heavy (non-hydrogen) atoms.